The van der Waals surface area contributed by atoms with Crippen LogP contribution in [0.4, 0.5) is 5.69 Å². The van der Waals surface area contributed by atoms with E-state index >= 15 is 0 Å². The Balaban J connectivity index is 0.00000240. The molecule has 29 heavy (non-hydrogen) atoms. The molecule has 0 fully saturated rings. The van der Waals surface area contributed by atoms with Crippen LogP contribution in [0.5, 0.6) is 17.2 Å². The molecule has 2 aromatic carbocycles. The van der Waals surface area contributed by atoms with Gasteiger partial charge in [-0.3, -0.25) is 0 Å². The molecule has 156 valence electrons. The first-order chi connectivity index (χ1) is 13.6. The first kappa shape index (κ1) is 21.8. The highest BCUT2D eigenvalue weighted by molar-refractivity contribution is 8.13. The zero-order valence-corrected chi connectivity index (χ0v) is 19.1. The number of amidine groups is 1. The van der Waals surface area contributed by atoms with Gasteiger partial charge in [0.25, 0.3) is 5.72 Å². The minimum absolute atomic E-state index is 0. The number of aliphatic hydroxyl groups is 1. The minimum Gasteiger partial charge on any atom is -1.00 e. The molecule has 0 aromatic heterocycles. The number of halogens is 1. The van der Waals surface area contributed by atoms with Crippen molar-refractivity contribution in [2.75, 3.05) is 45.1 Å². The van der Waals surface area contributed by atoms with Crippen LogP contribution >= 0.6 is 11.8 Å². The van der Waals surface area contributed by atoms with E-state index in [9.17, 15) is 5.11 Å². The number of benzene rings is 2. The fourth-order valence-electron chi connectivity index (χ4n) is 3.80. The van der Waals surface area contributed by atoms with Gasteiger partial charge in [-0.1, -0.05) is 0 Å². The number of thioether (sulfide) groups is 1. The maximum atomic E-state index is 11.8. The van der Waals surface area contributed by atoms with E-state index in [4.69, 9.17) is 14.2 Å². The van der Waals surface area contributed by atoms with Gasteiger partial charge in [-0.2, -0.15) is 0 Å². The van der Waals surface area contributed by atoms with Crippen molar-refractivity contribution in [3.63, 3.8) is 0 Å². The molecule has 0 bridgehead atoms. The summed E-state index contributed by atoms with van der Waals surface area (Å²) in [6.07, 6.45) is 1.02. The highest BCUT2D eigenvalue weighted by atomic mass is 79.9. The van der Waals surface area contributed by atoms with Gasteiger partial charge in [0.05, 0.1) is 27.9 Å². The molecule has 2 aliphatic rings. The van der Waals surface area contributed by atoms with E-state index in [1.807, 2.05) is 42.5 Å². The van der Waals surface area contributed by atoms with Crippen LogP contribution in [0.25, 0.3) is 0 Å². The van der Waals surface area contributed by atoms with Crippen LogP contribution in [0.15, 0.2) is 42.5 Å². The topological polar surface area (TPSA) is 54.2 Å². The summed E-state index contributed by atoms with van der Waals surface area (Å²) in [5, 5.41) is 12.8. The Morgan fingerprint density at radius 2 is 1.69 bits per heavy atom. The van der Waals surface area contributed by atoms with Gasteiger partial charge in [-0.25, -0.2) is 9.48 Å². The fraction of sp³-hybridized carbons (Fsp3) is 0.381. The highest BCUT2D eigenvalue weighted by Crippen LogP contribution is 2.42. The van der Waals surface area contributed by atoms with E-state index in [0.29, 0.717) is 6.54 Å². The fourth-order valence-corrected chi connectivity index (χ4v) is 4.97. The summed E-state index contributed by atoms with van der Waals surface area (Å²) in [6.45, 7) is 1.21. The van der Waals surface area contributed by atoms with E-state index in [1.165, 1.54) is 0 Å². The second-order valence-corrected chi connectivity index (χ2v) is 7.87. The molecule has 2 aliphatic heterocycles. The molecular formula is C21H25BrN2O4S. The summed E-state index contributed by atoms with van der Waals surface area (Å²) in [6, 6.07) is 13.4. The van der Waals surface area contributed by atoms with Crippen molar-refractivity contribution in [2.45, 2.75) is 12.1 Å². The molecule has 4 rings (SSSR count). The van der Waals surface area contributed by atoms with Gasteiger partial charge in [0.1, 0.15) is 11.5 Å². The Morgan fingerprint density at radius 1 is 1.00 bits per heavy atom. The average molecular weight is 481 g/mol. The summed E-state index contributed by atoms with van der Waals surface area (Å²) in [5.41, 5.74) is 0.613. The Kier molecular flexibility index (Phi) is 6.65. The number of nitrogens with zero attached hydrogens (tertiary/aromatic N) is 2. The van der Waals surface area contributed by atoms with Gasteiger partial charge >= 0.3 is 5.17 Å². The largest absolute Gasteiger partial charge is 1.00 e. The summed E-state index contributed by atoms with van der Waals surface area (Å²) in [5.74, 6) is 3.30. The standard InChI is InChI=1S/C21H25N2O4S.BrH/c1-25-16-7-5-15(6-8-16)21(24)14-22(20-23(21)11-4-12-28-20)18-13-17(26-2)9-10-19(18)27-3;/h5-10,13,24H,4,11-12,14H2,1-3H3;1H/q+1;/p-1. The molecule has 1 atom stereocenters. The second kappa shape index (κ2) is 8.85. The normalized spacial score (nSPS) is 20.8. The monoisotopic (exact) mass is 480 g/mol. The van der Waals surface area contributed by atoms with Crippen LogP contribution in [0.2, 0.25) is 0 Å². The third-order valence-corrected chi connectivity index (χ3v) is 6.47. The molecule has 0 aliphatic carbocycles. The molecule has 1 unspecified atom stereocenters. The summed E-state index contributed by atoms with van der Waals surface area (Å²) in [4.78, 5) is 2.13. The maximum absolute atomic E-state index is 11.8. The maximum Gasteiger partial charge on any atom is 0.316 e. The number of rotatable bonds is 5. The Labute approximate surface area is 185 Å². The van der Waals surface area contributed by atoms with Crippen LogP contribution in [0, 0.1) is 0 Å². The highest BCUT2D eigenvalue weighted by Gasteiger charge is 2.53. The van der Waals surface area contributed by atoms with E-state index < -0.39 is 5.72 Å². The van der Waals surface area contributed by atoms with Gasteiger partial charge in [0, 0.05) is 17.4 Å². The van der Waals surface area contributed by atoms with E-state index in [0.717, 1.165) is 52.4 Å². The molecule has 0 radical (unpaired) electrons. The average Bonchev–Trinajstić information content (AvgIpc) is 3.07. The second-order valence-electron chi connectivity index (χ2n) is 6.81. The first-order valence-corrected chi connectivity index (χ1v) is 10.2. The van der Waals surface area contributed by atoms with Gasteiger partial charge in [0.2, 0.25) is 0 Å². The van der Waals surface area contributed by atoms with E-state index in [1.54, 1.807) is 33.1 Å². The van der Waals surface area contributed by atoms with Gasteiger partial charge < -0.3 is 36.3 Å². The third kappa shape index (κ3) is 3.81. The van der Waals surface area contributed by atoms with Crippen LogP contribution < -0.4 is 36.1 Å². The summed E-state index contributed by atoms with van der Waals surface area (Å²) >= 11 is 1.76. The first-order valence-electron chi connectivity index (χ1n) is 9.24. The molecule has 0 saturated heterocycles. The molecule has 6 nitrogen and oxygen atoms in total. The lowest BCUT2D eigenvalue weighted by atomic mass is 10.0. The molecule has 0 spiro atoms. The SMILES string of the molecule is COc1ccc(C2(O)CN(c3cc(OC)ccc3OC)C3=[N+]2CCCS3)cc1.[Br-]. The number of methoxy groups -OCH3 is 3. The van der Waals surface area contributed by atoms with Crippen molar-refractivity contribution in [1.29, 1.82) is 0 Å². The lowest BCUT2D eigenvalue weighted by Crippen LogP contribution is -3.00. The van der Waals surface area contributed by atoms with Crippen molar-refractivity contribution < 1.29 is 40.9 Å². The van der Waals surface area contributed by atoms with Crippen molar-refractivity contribution in [3.05, 3.63) is 48.0 Å². The summed E-state index contributed by atoms with van der Waals surface area (Å²) < 4.78 is 18.4. The lowest BCUT2D eigenvalue weighted by molar-refractivity contribution is -0.656. The number of hydrogen-bond donors (Lipinski definition) is 1. The molecule has 0 amide bonds. The number of anilines is 1. The smallest absolute Gasteiger partial charge is 0.316 e. The quantitative estimate of drug-likeness (QED) is 0.602. The number of hydrogen-bond acceptors (Lipinski definition) is 6. The zero-order chi connectivity index (χ0) is 19.7. The predicted molar refractivity (Wildman–Crippen MR) is 111 cm³/mol. The Bertz CT molecular complexity index is 906. The van der Waals surface area contributed by atoms with Crippen LogP contribution in [0.3, 0.4) is 0 Å². The molecule has 0 saturated carbocycles. The van der Waals surface area contributed by atoms with Crippen molar-refractivity contribution in [1.82, 2.24) is 0 Å². The molecule has 2 aromatic rings. The molecule has 1 N–H and O–H groups in total. The van der Waals surface area contributed by atoms with Gasteiger partial charge in [-0.05, 0) is 54.6 Å². The third-order valence-electron chi connectivity index (χ3n) is 5.27. The van der Waals surface area contributed by atoms with Crippen LogP contribution in [-0.2, 0) is 5.72 Å². The Morgan fingerprint density at radius 3 is 2.34 bits per heavy atom. The van der Waals surface area contributed by atoms with Gasteiger partial charge in [0.15, 0.2) is 18.0 Å². The predicted octanol–water partition coefficient (Wildman–Crippen LogP) is -0.113. The number of ether oxygens (including phenoxy) is 3. The van der Waals surface area contributed by atoms with Crippen molar-refractivity contribution in [2.24, 2.45) is 0 Å². The van der Waals surface area contributed by atoms with Gasteiger partial charge in [-0.15, -0.1) is 0 Å². The van der Waals surface area contributed by atoms with E-state index in [2.05, 4.69) is 9.48 Å². The number of β-amino-alcohol motifs (C(OH)–C–C–N with tert-alkyl or cyclic N) is 1. The van der Waals surface area contributed by atoms with E-state index in [-0.39, 0.29) is 17.0 Å². The molecular weight excluding hydrogens is 456 g/mol. The summed E-state index contributed by atoms with van der Waals surface area (Å²) in [7, 11) is 4.95. The lowest BCUT2D eigenvalue weighted by Gasteiger charge is -2.24. The van der Waals surface area contributed by atoms with Crippen molar-refractivity contribution >= 4 is 22.6 Å². The molecule has 8 heteroatoms. The van der Waals surface area contributed by atoms with Crippen LogP contribution in [0.1, 0.15) is 12.0 Å². The van der Waals surface area contributed by atoms with Crippen LogP contribution in [-0.4, -0.2) is 55.0 Å². The minimum atomic E-state index is -1.12. The zero-order valence-electron chi connectivity index (χ0n) is 16.7. The van der Waals surface area contributed by atoms with Crippen molar-refractivity contribution in [3.8, 4) is 17.2 Å². The Hall–Kier alpha value is -1.90. The molecule has 2 heterocycles.